The smallest absolute Gasteiger partial charge is 0.251 e. The zero-order valence-corrected chi connectivity index (χ0v) is 8.22. The molecule has 0 bridgehead atoms. The largest absolute Gasteiger partial charge is 0.328 e. The first-order chi connectivity index (χ1) is 6.92. The summed E-state index contributed by atoms with van der Waals surface area (Å²) in [5.41, 5.74) is -0.470. The summed E-state index contributed by atoms with van der Waals surface area (Å²) in [6.07, 6.45) is -1.82. The summed E-state index contributed by atoms with van der Waals surface area (Å²) in [6, 6.07) is 2.03. The van der Waals surface area contributed by atoms with E-state index in [1.54, 1.807) is 4.72 Å². The minimum absolute atomic E-state index is 0.261. The van der Waals surface area contributed by atoms with Gasteiger partial charge in [0.25, 0.3) is 6.43 Å². The lowest BCUT2D eigenvalue weighted by atomic mass is 10.5. The fourth-order valence-electron chi connectivity index (χ4n) is 0.819. The summed E-state index contributed by atoms with van der Waals surface area (Å²) in [6.45, 7) is -0.957. The molecule has 2 N–H and O–H groups in total. The predicted molar refractivity (Wildman–Crippen MR) is 48.3 cm³/mol. The van der Waals surface area contributed by atoms with Crippen molar-refractivity contribution in [2.24, 2.45) is 0 Å². The van der Waals surface area contributed by atoms with Gasteiger partial charge in [-0.1, -0.05) is 0 Å². The van der Waals surface area contributed by atoms with Crippen LogP contribution in [0.25, 0.3) is 0 Å². The van der Waals surface area contributed by atoms with Gasteiger partial charge in [0.1, 0.15) is 0 Å². The maximum Gasteiger partial charge on any atom is 0.251 e. The molecule has 0 aliphatic rings. The lowest BCUT2D eigenvalue weighted by Crippen LogP contribution is -2.29. The van der Waals surface area contributed by atoms with E-state index < -0.39 is 28.6 Å². The van der Waals surface area contributed by atoms with E-state index in [1.165, 1.54) is 0 Å². The van der Waals surface area contributed by atoms with E-state index in [-0.39, 0.29) is 4.90 Å². The first kappa shape index (κ1) is 11.8. The average molecular weight is 238 g/mol. The van der Waals surface area contributed by atoms with Crippen LogP contribution < -0.4 is 10.3 Å². The molecule has 1 rings (SSSR count). The Morgan fingerprint density at radius 1 is 1.40 bits per heavy atom. The molecule has 0 radical (unpaired) electrons. The lowest BCUT2D eigenvalue weighted by molar-refractivity contribution is 0.153. The minimum atomic E-state index is -3.97. The highest BCUT2D eigenvalue weighted by Gasteiger charge is 2.15. The predicted octanol–water partition coefficient (Wildman–Crippen LogP) is -0.0817. The minimum Gasteiger partial charge on any atom is -0.328 e. The van der Waals surface area contributed by atoms with Crippen molar-refractivity contribution in [1.29, 1.82) is 0 Å². The Morgan fingerprint density at radius 2 is 2.07 bits per heavy atom. The van der Waals surface area contributed by atoms with Crippen LogP contribution in [-0.2, 0) is 10.0 Å². The molecule has 5 nitrogen and oxygen atoms in total. The molecule has 15 heavy (non-hydrogen) atoms. The second-order valence-electron chi connectivity index (χ2n) is 2.63. The summed E-state index contributed by atoms with van der Waals surface area (Å²) in [4.78, 5) is 12.5. The van der Waals surface area contributed by atoms with Crippen LogP contribution in [0.1, 0.15) is 0 Å². The molecule has 0 aliphatic heterocycles. The van der Waals surface area contributed by atoms with Crippen LogP contribution in [0.3, 0.4) is 0 Å². The standard InChI is InChI=1S/C7H8F2N2O3S/c8-6(9)4-11-15(13,14)5-1-2-7(12)10-3-5/h1-3,6,11H,4H2,(H,10,12). The number of halogens is 2. The molecule has 0 fully saturated rings. The van der Waals surface area contributed by atoms with Gasteiger partial charge in [0.2, 0.25) is 15.6 Å². The molecule has 1 heterocycles. The summed E-state index contributed by atoms with van der Waals surface area (Å²) in [5.74, 6) is 0. The molecular weight excluding hydrogens is 230 g/mol. The molecule has 0 saturated carbocycles. The molecule has 0 amide bonds. The quantitative estimate of drug-likeness (QED) is 0.770. The van der Waals surface area contributed by atoms with E-state index in [2.05, 4.69) is 4.98 Å². The Bertz CT molecular complexity index is 463. The lowest BCUT2D eigenvalue weighted by Gasteiger charge is -2.04. The zero-order valence-electron chi connectivity index (χ0n) is 7.41. The third-order valence-corrected chi connectivity index (χ3v) is 2.91. The van der Waals surface area contributed by atoms with E-state index >= 15 is 0 Å². The number of sulfonamides is 1. The number of aromatic nitrogens is 1. The van der Waals surface area contributed by atoms with Gasteiger partial charge in [0, 0.05) is 12.3 Å². The van der Waals surface area contributed by atoms with Crippen molar-refractivity contribution in [2.45, 2.75) is 11.3 Å². The average Bonchev–Trinajstić information content (AvgIpc) is 2.16. The van der Waals surface area contributed by atoms with Crippen molar-refractivity contribution in [3.05, 3.63) is 28.7 Å². The van der Waals surface area contributed by atoms with Crippen LogP contribution in [0, 0.1) is 0 Å². The normalized spacial score (nSPS) is 11.9. The SMILES string of the molecule is O=c1ccc(S(=O)(=O)NCC(F)F)c[nH]1. The number of alkyl halides is 2. The molecule has 0 aromatic carbocycles. The molecule has 1 aromatic heterocycles. The van der Waals surface area contributed by atoms with E-state index in [0.717, 1.165) is 18.3 Å². The van der Waals surface area contributed by atoms with Crippen LogP contribution in [-0.4, -0.2) is 26.4 Å². The maximum atomic E-state index is 11.8. The van der Waals surface area contributed by atoms with E-state index in [9.17, 15) is 22.0 Å². The summed E-state index contributed by atoms with van der Waals surface area (Å²) < 4.78 is 47.8. The van der Waals surface area contributed by atoms with Crippen molar-refractivity contribution in [3.8, 4) is 0 Å². The Morgan fingerprint density at radius 3 is 2.53 bits per heavy atom. The van der Waals surface area contributed by atoms with E-state index in [4.69, 9.17) is 0 Å². The third-order valence-electron chi connectivity index (χ3n) is 1.49. The highest BCUT2D eigenvalue weighted by Crippen LogP contribution is 2.04. The van der Waals surface area contributed by atoms with Gasteiger partial charge in [-0.2, -0.15) is 0 Å². The van der Waals surface area contributed by atoms with Gasteiger partial charge in [-0.05, 0) is 6.07 Å². The number of hydrogen-bond acceptors (Lipinski definition) is 3. The second kappa shape index (κ2) is 4.49. The van der Waals surface area contributed by atoms with Gasteiger partial charge in [-0.3, -0.25) is 4.79 Å². The fraction of sp³-hybridized carbons (Fsp3) is 0.286. The monoisotopic (exact) mass is 238 g/mol. The van der Waals surface area contributed by atoms with Crippen molar-refractivity contribution in [3.63, 3.8) is 0 Å². The summed E-state index contributed by atoms with van der Waals surface area (Å²) in [7, 11) is -3.97. The first-order valence-electron chi connectivity index (χ1n) is 3.88. The Balaban J connectivity index is 2.87. The highest BCUT2D eigenvalue weighted by molar-refractivity contribution is 7.89. The van der Waals surface area contributed by atoms with Crippen LogP contribution in [0.15, 0.2) is 28.0 Å². The number of hydrogen-bond donors (Lipinski definition) is 2. The van der Waals surface area contributed by atoms with E-state index in [1.807, 2.05) is 0 Å². The van der Waals surface area contributed by atoms with Gasteiger partial charge in [0.05, 0.1) is 11.4 Å². The van der Waals surface area contributed by atoms with Crippen molar-refractivity contribution in [2.75, 3.05) is 6.54 Å². The highest BCUT2D eigenvalue weighted by atomic mass is 32.2. The molecule has 84 valence electrons. The first-order valence-corrected chi connectivity index (χ1v) is 5.37. The Hall–Kier alpha value is -1.28. The van der Waals surface area contributed by atoms with Gasteiger partial charge >= 0.3 is 0 Å². The molecule has 8 heteroatoms. The van der Waals surface area contributed by atoms with Crippen LogP contribution in [0.4, 0.5) is 8.78 Å². The molecule has 0 saturated heterocycles. The van der Waals surface area contributed by atoms with Crippen LogP contribution in [0.5, 0.6) is 0 Å². The molecular formula is C7H8F2N2O3S. The number of aromatic amines is 1. The van der Waals surface area contributed by atoms with Crippen molar-refractivity contribution >= 4 is 10.0 Å². The molecule has 0 spiro atoms. The number of rotatable bonds is 4. The van der Waals surface area contributed by atoms with Gasteiger partial charge in [-0.15, -0.1) is 0 Å². The number of pyridine rings is 1. The molecule has 0 atom stereocenters. The van der Waals surface area contributed by atoms with Crippen molar-refractivity contribution < 1.29 is 17.2 Å². The van der Waals surface area contributed by atoms with E-state index in [0.29, 0.717) is 0 Å². The molecule has 0 unspecified atom stereocenters. The Kier molecular flexibility index (Phi) is 3.53. The Labute approximate surface area is 84.2 Å². The molecule has 0 aliphatic carbocycles. The second-order valence-corrected chi connectivity index (χ2v) is 4.40. The number of H-pyrrole nitrogens is 1. The van der Waals surface area contributed by atoms with Gasteiger partial charge < -0.3 is 4.98 Å². The topological polar surface area (TPSA) is 79.0 Å². The van der Waals surface area contributed by atoms with Crippen molar-refractivity contribution in [1.82, 2.24) is 9.71 Å². The van der Waals surface area contributed by atoms with Crippen LogP contribution in [0.2, 0.25) is 0 Å². The summed E-state index contributed by atoms with van der Waals surface area (Å²) >= 11 is 0. The van der Waals surface area contributed by atoms with Gasteiger partial charge in [0.15, 0.2) is 0 Å². The number of nitrogens with one attached hydrogen (secondary N) is 2. The zero-order chi connectivity index (χ0) is 11.5. The fourth-order valence-corrected chi connectivity index (χ4v) is 1.79. The van der Waals surface area contributed by atoms with Gasteiger partial charge in [-0.25, -0.2) is 21.9 Å². The maximum absolute atomic E-state index is 11.8. The van der Waals surface area contributed by atoms with Crippen LogP contribution >= 0.6 is 0 Å². The third kappa shape index (κ3) is 3.40. The summed E-state index contributed by atoms with van der Waals surface area (Å²) in [5, 5.41) is 0. The molecule has 1 aromatic rings.